The van der Waals surface area contributed by atoms with Crippen LogP contribution >= 0.6 is 0 Å². The normalized spacial score (nSPS) is 39.0. The molecule has 1 fully saturated rings. The van der Waals surface area contributed by atoms with E-state index in [0.29, 0.717) is 0 Å². The van der Waals surface area contributed by atoms with E-state index in [1.807, 2.05) is 0 Å². The van der Waals surface area contributed by atoms with Crippen molar-refractivity contribution >= 4 is 0 Å². The summed E-state index contributed by atoms with van der Waals surface area (Å²) in [6, 6.07) is 0. The largest absolute Gasteiger partial charge is 0.0654 e. The monoisotopic (exact) mass is 153 g/mol. The van der Waals surface area contributed by atoms with Gasteiger partial charge in [-0.25, -0.2) is 0 Å². The van der Waals surface area contributed by atoms with E-state index in [2.05, 4.69) is 27.2 Å². The lowest BCUT2D eigenvalue weighted by atomic mass is 9.74. The third-order valence-corrected chi connectivity index (χ3v) is 3.05. The van der Waals surface area contributed by atoms with Crippen LogP contribution in [0.25, 0.3) is 0 Å². The van der Waals surface area contributed by atoms with Crippen molar-refractivity contribution in [3.8, 4) is 0 Å². The molecule has 1 rings (SSSR count). The maximum Gasteiger partial charge on any atom is -0.0355 e. The standard InChI is InChI=1S/C11H21/c1-4-5-11-8-9(2)6-7-10(11)3/h6,9-11H,4-5,7-8H2,1-3H3. The van der Waals surface area contributed by atoms with Crippen LogP contribution in [0.4, 0.5) is 0 Å². The van der Waals surface area contributed by atoms with Gasteiger partial charge in [-0.05, 0) is 37.0 Å². The summed E-state index contributed by atoms with van der Waals surface area (Å²) in [5, 5.41) is 0. The highest BCUT2D eigenvalue weighted by molar-refractivity contribution is 4.86. The number of hydrogen-bond acceptors (Lipinski definition) is 0. The Kier molecular flexibility index (Phi) is 3.42. The van der Waals surface area contributed by atoms with Crippen molar-refractivity contribution in [2.45, 2.75) is 46.5 Å². The predicted octanol–water partition coefficient (Wildman–Crippen LogP) is 3.67. The van der Waals surface area contributed by atoms with Crippen molar-refractivity contribution in [1.29, 1.82) is 0 Å². The number of rotatable bonds is 2. The minimum atomic E-state index is 0.878. The van der Waals surface area contributed by atoms with Crippen molar-refractivity contribution < 1.29 is 0 Å². The molecular weight excluding hydrogens is 132 g/mol. The van der Waals surface area contributed by atoms with Gasteiger partial charge in [0.25, 0.3) is 0 Å². The van der Waals surface area contributed by atoms with Gasteiger partial charge in [-0.15, -0.1) is 0 Å². The molecule has 0 aromatic heterocycles. The average molecular weight is 153 g/mol. The summed E-state index contributed by atoms with van der Waals surface area (Å²) in [5.41, 5.74) is 0. The zero-order chi connectivity index (χ0) is 8.27. The van der Waals surface area contributed by atoms with Gasteiger partial charge in [0, 0.05) is 0 Å². The first-order valence-corrected chi connectivity index (χ1v) is 5.07. The van der Waals surface area contributed by atoms with Crippen molar-refractivity contribution in [2.75, 3.05) is 0 Å². The molecule has 0 N–H and O–H groups in total. The lowest BCUT2D eigenvalue weighted by Crippen LogP contribution is -2.21. The minimum Gasteiger partial charge on any atom is -0.0654 e. The van der Waals surface area contributed by atoms with Crippen LogP contribution in [0, 0.1) is 24.2 Å². The fourth-order valence-electron chi connectivity index (χ4n) is 2.22. The first-order valence-electron chi connectivity index (χ1n) is 5.07. The van der Waals surface area contributed by atoms with Gasteiger partial charge in [0.15, 0.2) is 0 Å². The van der Waals surface area contributed by atoms with Crippen LogP contribution in [0.15, 0.2) is 0 Å². The molecule has 0 bridgehead atoms. The Morgan fingerprint density at radius 2 is 2.09 bits per heavy atom. The molecule has 0 aromatic carbocycles. The third kappa shape index (κ3) is 2.50. The topological polar surface area (TPSA) is 0 Å². The van der Waals surface area contributed by atoms with E-state index in [-0.39, 0.29) is 0 Å². The predicted molar refractivity (Wildman–Crippen MR) is 50.3 cm³/mol. The summed E-state index contributed by atoms with van der Waals surface area (Å²) in [6.45, 7) is 7.06. The summed E-state index contributed by atoms with van der Waals surface area (Å²) in [7, 11) is 0. The Morgan fingerprint density at radius 1 is 1.36 bits per heavy atom. The second-order valence-electron chi connectivity index (χ2n) is 4.21. The SMILES string of the molecule is CCCC1CC(C)[CH]CC1C. The second-order valence-corrected chi connectivity index (χ2v) is 4.21. The lowest BCUT2D eigenvalue weighted by molar-refractivity contribution is 0.236. The van der Waals surface area contributed by atoms with E-state index < -0.39 is 0 Å². The van der Waals surface area contributed by atoms with Gasteiger partial charge in [0.2, 0.25) is 0 Å². The summed E-state index contributed by atoms with van der Waals surface area (Å²) < 4.78 is 0. The Balaban J connectivity index is 2.34. The molecule has 3 unspecified atom stereocenters. The molecule has 1 aliphatic carbocycles. The molecule has 0 aliphatic heterocycles. The molecule has 0 nitrogen and oxygen atoms in total. The second kappa shape index (κ2) is 4.13. The first-order chi connectivity index (χ1) is 5.24. The van der Waals surface area contributed by atoms with Gasteiger partial charge in [-0.1, -0.05) is 33.6 Å². The zero-order valence-corrected chi connectivity index (χ0v) is 8.14. The molecule has 3 atom stereocenters. The average Bonchev–Trinajstić information content (AvgIpc) is 1.98. The lowest BCUT2D eigenvalue weighted by Gasteiger charge is -2.32. The summed E-state index contributed by atoms with van der Waals surface area (Å²) in [5.74, 6) is 2.84. The Labute approximate surface area is 71.4 Å². The molecule has 0 saturated heterocycles. The van der Waals surface area contributed by atoms with Crippen molar-refractivity contribution in [1.82, 2.24) is 0 Å². The summed E-state index contributed by atoms with van der Waals surface area (Å²) in [4.78, 5) is 0. The van der Waals surface area contributed by atoms with E-state index in [1.165, 1.54) is 25.7 Å². The van der Waals surface area contributed by atoms with Gasteiger partial charge in [0.1, 0.15) is 0 Å². The van der Waals surface area contributed by atoms with Crippen molar-refractivity contribution in [3.05, 3.63) is 6.42 Å². The maximum absolute atomic E-state index is 2.50. The molecule has 65 valence electrons. The van der Waals surface area contributed by atoms with Crippen LogP contribution in [0.2, 0.25) is 0 Å². The van der Waals surface area contributed by atoms with Crippen LogP contribution in [0.1, 0.15) is 46.5 Å². The van der Waals surface area contributed by atoms with E-state index >= 15 is 0 Å². The fraction of sp³-hybridized carbons (Fsp3) is 0.909. The molecule has 0 spiro atoms. The first kappa shape index (κ1) is 9.09. The highest BCUT2D eigenvalue weighted by Gasteiger charge is 2.24. The Hall–Kier alpha value is 0. The van der Waals surface area contributed by atoms with Crippen LogP contribution < -0.4 is 0 Å². The van der Waals surface area contributed by atoms with Gasteiger partial charge in [-0.2, -0.15) is 0 Å². The van der Waals surface area contributed by atoms with Crippen molar-refractivity contribution in [2.24, 2.45) is 17.8 Å². The summed E-state index contributed by atoms with van der Waals surface area (Å²) in [6.07, 6.45) is 8.10. The molecule has 0 aromatic rings. The van der Waals surface area contributed by atoms with Gasteiger partial charge >= 0.3 is 0 Å². The van der Waals surface area contributed by atoms with E-state index in [1.54, 1.807) is 0 Å². The van der Waals surface area contributed by atoms with Crippen LogP contribution in [-0.2, 0) is 0 Å². The molecule has 1 aliphatic rings. The molecule has 1 radical (unpaired) electrons. The van der Waals surface area contributed by atoms with Gasteiger partial charge < -0.3 is 0 Å². The highest BCUT2D eigenvalue weighted by atomic mass is 14.3. The molecule has 0 heterocycles. The van der Waals surface area contributed by atoms with E-state index in [4.69, 9.17) is 0 Å². The zero-order valence-electron chi connectivity index (χ0n) is 8.14. The fourth-order valence-corrected chi connectivity index (χ4v) is 2.22. The smallest absolute Gasteiger partial charge is 0.0355 e. The Morgan fingerprint density at radius 3 is 2.73 bits per heavy atom. The van der Waals surface area contributed by atoms with Crippen molar-refractivity contribution in [3.63, 3.8) is 0 Å². The molecule has 0 amide bonds. The van der Waals surface area contributed by atoms with E-state index in [0.717, 1.165) is 17.8 Å². The van der Waals surface area contributed by atoms with Crippen LogP contribution in [0.5, 0.6) is 0 Å². The molecular formula is C11H21. The summed E-state index contributed by atoms with van der Waals surface area (Å²) >= 11 is 0. The maximum atomic E-state index is 2.50. The van der Waals surface area contributed by atoms with Gasteiger partial charge in [-0.3, -0.25) is 0 Å². The Bertz CT molecular complexity index is 107. The highest BCUT2D eigenvalue weighted by Crippen LogP contribution is 2.35. The minimum absolute atomic E-state index is 0.878. The van der Waals surface area contributed by atoms with Crippen LogP contribution in [0.3, 0.4) is 0 Å². The molecule has 11 heavy (non-hydrogen) atoms. The quantitative estimate of drug-likeness (QED) is 0.568. The van der Waals surface area contributed by atoms with Gasteiger partial charge in [0.05, 0.1) is 0 Å². The van der Waals surface area contributed by atoms with E-state index in [9.17, 15) is 0 Å². The van der Waals surface area contributed by atoms with Crippen LogP contribution in [-0.4, -0.2) is 0 Å². The number of hydrogen-bond donors (Lipinski definition) is 0. The molecule has 0 heteroatoms. The molecule has 1 saturated carbocycles. The third-order valence-electron chi connectivity index (χ3n) is 3.05.